The molecule has 2 aliphatic heterocycles. The minimum absolute atomic E-state index is 0.0109. The Morgan fingerprint density at radius 1 is 1.06 bits per heavy atom. The first-order chi connectivity index (χ1) is 15.9. The van der Waals surface area contributed by atoms with Crippen molar-refractivity contribution in [3.63, 3.8) is 0 Å². The number of piperidine rings is 1. The Bertz CT molecular complexity index is 989. The third-order valence-corrected chi connectivity index (χ3v) is 6.20. The maximum Gasteiger partial charge on any atom is 0.261 e. The number of primary amides is 1. The molecule has 2 aromatic carbocycles. The van der Waals surface area contributed by atoms with E-state index in [4.69, 9.17) is 31.5 Å². The molecule has 2 saturated heterocycles. The Hall–Kier alpha value is -2.84. The molecule has 2 fully saturated rings. The highest BCUT2D eigenvalue weighted by molar-refractivity contribution is 6.30. The van der Waals surface area contributed by atoms with Crippen molar-refractivity contribution in [2.75, 3.05) is 13.2 Å². The van der Waals surface area contributed by atoms with Gasteiger partial charge in [0, 0.05) is 35.5 Å². The number of halogens is 2. The summed E-state index contributed by atoms with van der Waals surface area (Å²) in [6.07, 6.45) is 3.29. The van der Waals surface area contributed by atoms with Crippen molar-refractivity contribution in [2.24, 2.45) is 5.73 Å². The van der Waals surface area contributed by atoms with E-state index in [0.29, 0.717) is 22.1 Å². The number of nitrogens with zero attached hydrogens (tertiary/aromatic N) is 1. The molecule has 3 atom stereocenters. The molecule has 176 valence electrons. The fourth-order valence-corrected chi connectivity index (χ4v) is 4.81. The predicted octanol–water partition coefficient (Wildman–Crippen LogP) is 3.46. The van der Waals surface area contributed by atoms with E-state index in [9.17, 15) is 14.0 Å². The van der Waals surface area contributed by atoms with Crippen LogP contribution < -0.4 is 15.2 Å². The normalized spacial score (nSPS) is 21.6. The first-order valence-corrected chi connectivity index (χ1v) is 11.3. The second-order valence-corrected chi connectivity index (χ2v) is 8.79. The summed E-state index contributed by atoms with van der Waals surface area (Å²) in [6, 6.07) is 11.2. The zero-order valence-electron chi connectivity index (χ0n) is 18.0. The van der Waals surface area contributed by atoms with Gasteiger partial charge in [-0.1, -0.05) is 11.6 Å². The van der Waals surface area contributed by atoms with Crippen molar-refractivity contribution in [1.82, 2.24) is 4.90 Å². The Morgan fingerprint density at radius 2 is 1.76 bits per heavy atom. The molecule has 33 heavy (non-hydrogen) atoms. The van der Waals surface area contributed by atoms with Crippen LogP contribution in [0.4, 0.5) is 4.39 Å². The first kappa shape index (κ1) is 23.3. The van der Waals surface area contributed by atoms with E-state index >= 15 is 0 Å². The van der Waals surface area contributed by atoms with E-state index < -0.39 is 5.91 Å². The van der Waals surface area contributed by atoms with Crippen LogP contribution in [0.3, 0.4) is 0 Å². The molecule has 2 aliphatic rings. The van der Waals surface area contributed by atoms with Gasteiger partial charge in [-0.05, 0) is 55.3 Å². The summed E-state index contributed by atoms with van der Waals surface area (Å²) >= 11 is 6.06. The number of amides is 2. The number of carbonyl (C=O) groups excluding carboxylic acids is 2. The van der Waals surface area contributed by atoms with Crippen LogP contribution in [-0.4, -0.2) is 48.1 Å². The van der Waals surface area contributed by atoms with E-state index in [1.165, 1.54) is 12.1 Å². The summed E-state index contributed by atoms with van der Waals surface area (Å²) in [5.41, 5.74) is 5.73. The topological polar surface area (TPSA) is 91.1 Å². The molecular weight excluding hydrogens is 451 g/mol. The monoisotopic (exact) mass is 476 g/mol. The highest BCUT2D eigenvalue weighted by atomic mass is 35.5. The van der Waals surface area contributed by atoms with E-state index in [2.05, 4.69) is 0 Å². The molecule has 0 spiro atoms. The minimum atomic E-state index is -0.572. The van der Waals surface area contributed by atoms with Gasteiger partial charge in [0.1, 0.15) is 30.0 Å². The summed E-state index contributed by atoms with van der Waals surface area (Å²) in [7, 11) is 0. The summed E-state index contributed by atoms with van der Waals surface area (Å²) in [4.78, 5) is 25.8. The van der Waals surface area contributed by atoms with Gasteiger partial charge < -0.3 is 24.8 Å². The van der Waals surface area contributed by atoms with Gasteiger partial charge in [-0.25, -0.2) is 4.39 Å². The zero-order chi connectivity index (χ0) is 23.4. The quantitative estimate of drug-likeness (QED) is 0.598. The molecule has 2 N–H and O–H groups in total. The second-order valence-electron chi connectivity index (χ2n) is 8.35. The summed E-state index contributed by atoms with van der Waals surface area (Å²) in [5, 5.41) is 0.493. The fraction of sp³-hybridized carbons (Fsp3) is 0.417. The number of nitrogens with two attached hydrogens (primary N) is 1. The number of fused-ring (bicyclic) bond motifs is 2. The second kappa shape index (κ2) is 10.4. The lowest BCUT2D eigenvalue weighted by atomic mass is 9.99. The van der Waals surface area contributed by atoms with Gasteiger partial charge in [0.25, 0.3) is 5.91 Å². The third kappa shape index (κ3) is 5.94. The number of benzene rings is 2. The maximum atomic E-state index is 13.1. The van der Waals surface area contributed by atoms with E-state index in [1.807, 2.05) is 4.90 Å². The smallest absolute Gasteiger partial charge is 0.261 e. The molecule has 1 unspecified atom stereocenters. The fourth-order valence-electron chi connectivity index (χ4n) is 4.61. The van der Waals surface area contributed by atoms with Crippen molar-refractivity contribution in [3.8, 4) is 11.5 Å². The van der Waals surface area contributed by atoms with Gasteiger partial charge in [0.15, 0.2) is 6.61 Å². The lowest BCUT2D eigenvalue weighted by molar-refractivity contribution is -0.139. The summed E-state index contributed by atoms with van der Waals surface area (Å²) in [6.45, 7) is -0.242. The van der Waals surface area contributed by atoms with Crippen LogP contribution in [0.1, 0.15) is 31.2 Å². The van der Waals surface area contributed by atoms with Crippen molar-refractivity contribution in [1.29, 1.82) is 0 Å². The van der Waals surface area contributed by atoms with Crippen LogP contribution >= 0.6 is 11.6 Å². The van der Waals surface area contributed by atoms with Gasteiger partial charge >= 0.3 is 0 Å². The predicted molar refractivity (Wildman–Crippen MR) is 120 cm³/mol. The summed E-state index contributed by atoms with van der Waals surface area (Å²) in [5.74, 6) is 0.154. The van der Waals surface area contributed by atoms with Crippen LogP contribution in [0.2, 0.25) is 5.02 Å². The summed E-state index contributed by atoms with van der Waals surface area (Å²) < 4.78 is 30.2. The van der Waals surface area contributed by atoms with E-state index in [-0.39, 0.29) is 49.7 Å². The highest BCUT2D eigenvalue weighted by Crippen LogP contribution is 2.37. The van der Waals surface area contributed by atoms with Crippen LogP contribution in [0.5, 0.6) is 11.5 Å². The number of hydrogen-bond donors (Lipinski definition) is 1. The lowest BCUT2D eigenvalue weighted by Crippen LogP contribution is -2.50. The van der Waals surface area contributed by atoms with Gasteiger partial charge in [0.05, 0.1) is 6.61 Å². The Kier molecular flexibility index (Phi) is 7.35. The zero-order valence-corrected chi connectivity index (χ0v) is 18.8. The third-order valence-electron chi connectivity index (χ3n) is 5.97. The van der Waals surface area contributed by atoms with Gasteiger partial charge in [-0.2, -0.15) is 0 Å². The first-order valence-electron chi connectivity index (χ1n) is 10.9. The van der Waals surface area contributed by atoms with Crippen molar-refractivity contribution >= 4 is 23.4 Å². The molecule has 4 rings (SSSR count). The van der Waals surface area contributed by atoms with Crippen molar-refractivity contribution < 1.29 is 28.2 Å². The molecular formula is C24H26ClFN2O5. The van der Waals surface area contributed by atoms with Crippen LogP contribution in [0, 0.1) is 5.82 Å². The Balaban J connectivity index is 1.33. The molecule has 0 aromatic heterocycles. The molecule has 0 aliphatic carbocycles. The largest absolute Gasteiger partial charge is 0.490 e. The van der Waals surface area contributed by atoms with Crippen LogP contribution in [0.25, 0.3) is 0 Å². The molecule has 2 amide bonds. The Labute approximate surface area is 196 Å². The average Bonchev–Trinajstić information content (AvgIpc) is 3.05. The number of carbonyl (C=O) groups is 2. The molecule has 0 saturated carbocycles. The van der Waals surface area contributed by atoms with Gasteiger partial charge in [-0.15, -0.1) is 0 Å². The minimum Gasteiger partial charge on any atom is -0.490 e. The van der Waals surface area contributed by atoms with Gasteiger partial charge in [-0.3, -0.25) is 9.59 Å². The molecule has 9 heteroatoms. The number of hydrogen-bond acceptors (Lipinski definition) is 5. The van der Waals surface area contributed by atoms with Crippen molar-refractivity contribution in [3.05, 3.63) is 58.9 Å². The van der Waals surface area contributed by atoms with Crippen LogP contribution in [-0.2, 0) is 20.9 Å². The highest BCUT2D eigenvalue weighted by Gasteiger charge is 2.44. The average molecular weight is 477 g/mol. The standard InChI is InChI=1S/C24H26ClFN2O5/c25-16-1-8-22(15(9-16)12-31-13-23(27)29)32-14-24(30)28-18-4-5-19(28)11-21(10-18)33-20-6-2-17(26)3-7-20/h1-3,6-9,18-19,21H,4-5,10-14H2,(H2,27,29)/t18-,19+,21?. The molecule has 0 radical (unpaired) electrons. The van der Waals surface area contributed by atoms with Crippen molar-refractivity contribution in [2.45, 2.75) is 50.5 Å². The molecule has 2 aromatic rings. The van der Waals surface area contributed by atoms with E-state index in [0.717, 1.165) is 25.7 Å². The molecule has 7 nitrogen and oxygen atoms in total. The number of ether oxygens (including phenoxy) is 3. The van der Waals surface area contributed by atoms with E-state index in [1.54, 1.807) is 30.3 Å². The maximum absolute atomic E-state index is 13.1. The SMILES string of the molecule is NC(=O)COCc1cc(Cl)ccc1OCC(=O)N1[C@@H]2CC[C@H]1CC(Oc1ccc(F)cc1)C2. The Morgan fingerprint density at radius 3 is 2.42 bits per heavy atom. The molecule has 2 bridgehead atoms. The van der Waals surface area contributed by atoms with Gasteiger partial charge in [0.2, 0.25) is 5.91 Å². The number of rotatable bonds is 9. The lowest BCUT2D eigenvalue weighted by Gasteiger charge is -2.38. The molecule has 2 heterocycles. The van der Waals surface area contributed by atoms with Crippen LogP contribution in [0.15, 0.2) is 42.5 Å².